The van der Waals surface area contributed by atoms with E-state index < -0.39 is 5.60 Å². The minimum Gasteiger partial charge on any atom is -0.506 e. The third-order valence-electron chi connectivity index (χ3n) is 2.97. The van der Waals surface area contributed by atoms with Crippen LogP contribution in [0.3, 0.4) is 0 Å². The van der Waals surface area contributed by atoms with Crippen molar-refractivity contribution in [3.63, 3.8) is 0 Å². The first-order chi connectivity index (χ1) is 11.7. The quantitative estimate of drug-likeness (QED) is 0.614. The molecule has 2 aromatic rings. The minimum absolute atomic E-state index is 0.172. The average molecular weight is 342 g/mol. The molecule has 0 aromatic carbocycles. The van der Waals surface area contributed by atoms with Crippen molar-refractivity contribution in [3.8, 4) is 11.5 Å². The molecule has 2 heterocycles. The van der Waals surface area contributed by atoms with Gasteiger partial charge in [0, 0.05) is 18.8 Å². The van der Waals surface area contributed by atoms with Crippen LogP contribution in [0.4, 0.5) is 5.82 Å². The number of aromatic nitrogens is 3. The van der Waals surface area contributed by atoms with Crippen LogP contribution in [0.5, 0.6) is 0 Å². The van der Waals surface area contributed by atoms with Gasteiger partial charge in [0.2, 0.25) is 0 Å². The number of aliphatic hydroxyl groups is 1. The Hall–Kier alpha value is -2.96. The Morgan fingerprint density at radius 1 is 1.32 bits per heavy atom. The molecule has 0 spiro atoms. The summed E-state index contributed by atoms with van der Waals surface area (Å²) < 4.78 is 5.25. The summed E-state index contributed by atoms with van der Waals surface area (Å²) in [6, 6.07) is 6.94. The summed E-state index contributed by atoms with van der Waals surface area (Å²) in [5, 5.41) is 12.7. The highest BCUT2D eigenvalue weighted by Gasteiger charge is 2.16. The fourth-order valence-electron chi connectivity index (χ4n) is 1.98. The molecule has 0 aliphatic rings. The van der Waals surface area contributed by atoms with Gasteiger partial charge in [0.1, 0.15) is 28.6 Å². The Morgan fingerprint density at radius 3 is 2.68 bits per heavy atom. The van der Waals surface area contributed by atoms with E-state index in [9.17, 15) is 9.90 Å². The van der Waals surface area contributed by atoms with Crippen LogP contribution in [0.1, 0.15) is 32.9 Å². The zero-order chi connectivity index (χ0) is 18.4. The molecule has 7 heteroatoms. The number of hydrogen-bond acceptors (Lipinski definition) is 7. The van der Waals surface area contributed by atoms with Gasteiger partial charge in [0.15, 0.2) is 5.82 Å². The Bertz CT molecular complexity index is 755. The Labute approximate surface area is 146 Å². The molecule has 0 bridgehead atoms. The topological polar surface area (TPSA) is 97.2 Å². The van der Waals surface area contributed by atoms with Crippen LogP contribution in [0.15, 0.2) is 37.0 Å². The van der Waals surface area contributed by atoms with Gasteiger partial charge in [0.05, 0.1) is 6.42 Å². The lowest BCUT2D eigenvalue weighted by atomic mass is 10.2. The summed E-state index contributed by atoms with van der Waals surface area (Å²) in [6.45, 7) is 9.29. The zero-order valence-electron chi connectivity index (χ0n) is 14.6. The van der Waals surface area contributed by atoms with Crippen LogP contribution >= 0.6 is 0 Å². The Balaban J connectivity index is 2.11. The number of ether oxygens (including phenoxy) is 1. The molecule has 132 valence electrons. The van der Waals surface area contributed by atoms with Gasteiger partial charge in [-0.3, -0.25) is 9.78 Å². The highest BCUT2D eigenvalue weighted by molar-refractivity contribution is 5.70. The lowest BCUT2D eigenvalue weighted by Crippen LogP contribution is -2.25. The van der Waals surface area contributed by atoms with Crippen molar-refractivity contribution < 1.29 is 14.6 Å². The predicted octanol–water partition coefficient (Wildman–Crippen LogP) is 3.21. The molecule has 0 aliphatic heterocycles. The first-order valence-corrected chi connectivity index (χ1v) is 7.89. The number of nitrogens with zero attached hydrogens (tertiary/aromatic N) is 3. The van der Waals surface area contributed by atoms with E-state index in [2.05, 4.69) is 26.8 Å². The maximum absolute atomic E-state index is 11.8. The number of pyridine rings is 1. The number of aliphatic hydroxyl groups excluding tert-OH is 1. The predicted molar refractivity (Wildman–Crippen MR) is 95.9 cm³/mol. The molecule has 0 atom stereocenters. The van der Waals surface area contributed by atoms with Gasteiger partial charge in [-0.2, -0.15) is 0 Å². The Morgan fingerprint density at radius 2 is 2.08 bits per heavy atom. The van der Waals surface area contributed by atoms with Gasteiger partial charge in [-0.15, -0.1) is 0 Å². The van der Waals surface area contributed by atoms with E-state index in [4.69, 9.17) is 4.74 Å². The molecule has 0 amide bonds. The van der Waals surface area contributed by atoms with Crippen LogP contribution in [0, 0.1) is 0 Å². The molecule has 2 aromatic heterocycles. The summed E-state index contributed by atoms with van der Waals surface area (Å²) in [5.41, 5.74) is 0.344. The summed E-state index contributed by atoms with van der Waals surface area (Å²) in [7, 11) is 0. The van der Waals surface area contributed by atoms with Crippen molar-refractivity contribution in [3.05, 3.63) is 42.7 Å². The lowest BCUT2D eigenvalue weighted by Gasteiger charge is -2.19. The van der Waals surface area contributed by atoms with Gasteiger partial charge in [0.25, 0.3) is 0 Å². The van der Waals surface area contributed by atoms with E-state index in [1.165, 1.54) is 0 Å². The van der Waals surface area contributed by atoms with Crippen molar-refractivity contribution in [2.24, 2.45) is 0 Å². The molecule has 0 fully saturated rings. The van der Waals surface area contributed by atoms with Crippen LogP contribution in [-0.2, 0) is 9.53 Å². The van der Waals surface area contributed by atoms with E-state index in [-0.39, 0.29) is 23.8 Å². The molecular weight excluding hydrogens is 320 g/mol. The first-order valence-electron chi connectivity index (χ1n) is 7.89. The maximum Gasteiger partial charge on any atom is 0.308 e. The molecule has 0 saturated carbocycles. The van der Waals surface area contributed by atoms with E-state index >= 15 is 0 Å². The zero-order valence-corrected chi connectivity index (χ0v) is 14.6. The van der Waals surface area contributed by atoms with Gasteiger partial charge in [-0.25, -0.2) is 9.97 Å². The number of esters is 1. The van der Waals surface area contributed by atoms with Crippen LogP contribution in [-0.4, -0.2) is 38.2 Å². The normalized spacial score (nSPS) is 11.0. The molecule has 7 nitrogen and oxygen atoms in total. The third-order valence-corrected chi connectivity index (χ3v) is 2.97. The highest BCUT2D eigenvalue weighted by Crippen LogP contribution is 2.18. The van der Waals surface area contributed by atoms with E-state index in [1.54, 1.807) is 24.4 Å². The lowest BCUT2D eigenvalue weighted by molar-refractivity contribution is -0.154. The van der Waals surface area contributed by atoms with Crippen LogP contribution in [0.2, 0.25) is 0 Å². The Kier molecular flexibility index (Phi) is 5.69. The van der Waals surface area contributed by atoms with Crippen LogP contribution < -0.4 is 5.32 Å². The summed E-state index contributed by atoms with van der Waals surface area (Å²) in [5.74, 6) is 0.345. The van der Waals surface area contributed by atoms with Crippen molar-refractivity contribution in [2.45, 2.75) is 32.8 Å². The summed E-state index contributed by atoms with van der Waals surface area (Å²) in [6.07, 6.45) is 1.82. The van der Waals surface area contributed by atoms with Gasteiger partial charge in [-0.1, -0.05) is 12.6 Å². The van der Waals surface area contributed by atoms with Gasteiger partial charge >= 0.3 is 5.97 Å². The highest BCUT2D eigenvalue weighted by atomic mass is 16.6. The molecule has 0 radical (unpaired) electrons. The van der Waals surface area contributed by atoms with Gasteiger partial charge in [-0.05, 0) is 32.9 Å². The number of hydrogen-bond donors (Lipinski definition) is 2. The number of anilines is 1. The standard InChI is InChI=1S/C18H22N4O3/c1-12(23)14-11-15(20-10-8-16(24)25-18(2,3)4)22-17(21-14)13-7-5-6-9-19-13/h5-7,9,11,23H,1,8,10H2,2-4H3,(H,20,21,22). The van der Waals surface area contributed by atoms with E-state index in [1.807, 2.05) is 26.8 Å². The van der Waals surface area contributed by atoms with Crippen molar-refractivity contribution in [1.82, 2.24) is 15.0 Å². The second-order valence-corrected chi connectivity index (χ2v) is 6.39. The molecule has 0 aliphatic carbocycles. The maximum atomic E-state index is 11.8. The van der Waals surface area contributed by atoms with Crippen molar-refractivity contribution >= 4 is 17.5 Å². The monoisotopic (exact) mass is 342 g/mol. The van der Waals surface area contributed by atoms with E-state index in [0.29, 0.717) is 23.9 Å². The molecule has 25 heavy (non-hydrogen) atoms. The molecule has 0 saturated heterocycles. The molecule has 2 rings (SSSR count). The number of carbonyl (C=O) groups excluding carboxylic acids is 1. The molecular formula is C18H22N4O3. The second kappa shape index (κ2) is 7.74. The third kappa shape index (κ3) is 5.87. The second-order valence-electron chi connectivity index (χ2n) is 6.39. The largest absolute Gasteiger partial charge is 0.506 e. The molecule has 0 unspecified atom stereocenters. The molecule has 2 N–H and O–H groups in total. The smallest absolute Gasteiger partial charge is 0.308 e. The van der Waals surface area contributed by atoms with Crippen LogP contribution in [0.25, 0.3) is 17.3 Å². The first kappa shape index (κ1) is 18.4. The fourth-order valence-corrected chi connectivity index (χ4v) is 1.98. The minimum atomic E-state index is -0.514. The van der Waals surface area contributed by atoms with E-state index in [0.717, 1.165) is 0 Å². The number of rotatable bonds is 6. The number of carbonyl (C=O) groups is 1. The SMILES string of the molecule is C=C(O)c1cc(NCCC(=O)OC(C)(C)C)nc(-c2ccccn2)n1. The number of nitrogens with one attached hydrogen (secondary N) is 1. The van der Waals surface area contributed by atoms with Crippen molar-refractivity contribution in [2.75, 3.05) is 11.9 Å². The van der Waals surface area contributed by atoms with Gasteiger partial charge < -0.3 is 15.2 Å². The van der Waals surface area contributed by atoms with Crippen molar-refractivity contribution in [1.29, 1.82) is 0 Å². The summed E-state index contributed by atoms with van der Waals surface area (Å²) >= 11 is 0. The summed E-state index contributed by atoms with van der Waals surface area (Å²) in [4.78, 5) is 24.6. The fraction of sp³-hybridized carbons (Fsp3) is 0.333. The average Bonchev–Trinajstić information content (AvgIpc) is 2.53.